The highest BCUT2D eigenvalue weighted by atomic mass is 16.6. The fourth-order valence-electron chi connectivity index (χ4n) is 1.86. The van der Waals surface area contributed by atoms with Crippen LogP contribution in [-0.4, -0.2) is 29.5 Å². The maximum Gasteiger partial charge on any atom is 0.329 e. The van der Waals surface area contributed by atoms with Crippen LogP contribution in [0.4, 0.5) is 11.5 Å². The number of aromatic nitrogens is 1. The number of nitriles is 1. The third kappa shape index (κ3) is 3.42. The lowest BCUT2D eigenvalue weighted by molar-refractivity contribution is -0.384. The minimum atomic E-state index is -0.557. The lowest BCUT2D eigenvalue weighted by atomic mass is 9.93. The highest BCUT2D eigenvalue weighted by molar-refractivity contribution is 5.65. The first kappa shape index (κ1) is 15.9. The molecule has 0 spiro atoms. The number of anilines is 1. The smallest absolute Gasteiger partial charge is 0.329 e. The lowest BCUT2D eigenvalue weighted by Gasteiger charge is -2.31. The van der Waals surface area contributed by atoms with Gasteiger partial charge in [-0.3, -0.25) is 10.1 Å². The molecule has 0 aliphatic carbocycles. The highest BCUT2D eigenvalue weighted by Crippen LogP contribution is 2.30. The van der Waals surface area contributed by atoms with Crippen molar-refractivity contribution in [3.63, 3.8) is 0 Å². The summed E-state index contributed by atoms with van der Waals surface area (Å²) in [5.74, 6) is 0.220. The number of hydrogen-bond acceptors (Lipinski definition) is 6. The average molecular weight is 277 g/mol. The summed E-state index contributed by atoms with van der Waals surface area (Å²) >= 11 is 0. The minimum Gasteiger partial charge on any atom is -0.351 e. The summed E-state index contributed by atoms with van der Waals surface area (Å²) in [6.07, 6.45) is 1.42. The zero-order valence-corrected chi connectivity index (χ0v) is 12.0. The summed E-state index contributed by atoms with van der Waals surface area (Å²) in [6.45, 7) is 7.38. The van der Waals surface area contributed by atoms with Crippen molar-refractivity contribution in [1.82, 2.24) is 4.98 Å². The van der Waals surface area contributed by atoms with E-state index in [0.717, 1.165) is 0 Å². The predicted octanol–water partition coefficient (Wildman–Crippen LogP) is 1.67. The molecule has 108 valence electrons. The molecule has 1 aromatic heterocycles. The van der Waals surface area contributed by atoms with Gasteiger partial charge in [0.05, 0.1) is 4.92 Å². The minimum absolute atomic E-state index is 0.0176. The molecule has 0 amide bonds. The van der Waals surface area contributed by atoms with E-state index in [4.69, 9.17) is 11.0 Å². The van der Waals surface area contributed by atoms with Crippen LogP contribution >= 0.6 is 0 Å². The molecule has 0 fully saturated rings. The van der Waals surface area contributed by atoms with Gasteiger partial charge in [0.2, 0.25) is 5.82 Å². The van der Waals surface area contributed by atoms with Crippen molar-refractivity contribution in [1.29, 1.82) is 5.26 Å². The molecule has 0 saturated carbocycles. The molecule has 0 unspecified atom stereocenters. The molecule has 0 aliphatic rings. The Bertz CT molecular complexity index is 536. The molecule has 1 aromatic rings. The first-order valence-electron chi connectivity index (χ1n) is 6.34. The second kappa shape index (κ2) is 6.30. The molecule has 20 heavy (non-hydrogen) atoms. The summed E-state index contributed by atoms with van der Waals surface area (Å²) in [5.41, 5.74) is 5.28. The monoisotopic (exact) mass is 277 g/mol. The molecule has 0 bridgehead atoms. The van der Waals surface area contributed by atoms with Gasteiger partial charge in [-0.2, -0.15) is 5.26 Å². The number of pyridine rings is 1. The molecular formula is C13H19N5O2. The van der Waals surface area contributed by atoms with Crippen LogP contribution in [0.3, 0.4) is 0 Å². The van der Waals surface area contributed by atoms with Gasteiger partial charge in [-0.1, -0.05) is 13.8 Å². The van der Waals surface area contributed by atoms with E-state index in [2.05, 4.69) is 4.98 Å². The van der Waals surface area contributed by atoms with Crippen LogP contribution in [0.1, 0.15) is 26.3 Å². The molecule has 1 heterocycles. The first-order valence-corrected chi connectivity index (χ1v) is 6.34. The van der Waals surface area contributed by atoms with Crippen molar-refractivity contribution < 1.29 is 4.92 Å². The number of hydrogen-bond donors (Lipinski definition) is 1. The molecule has 0 radical (unpaired) electrons. The molecule has 7 heteroatoms. The van der Waals surface area contributed by atoms with Gasteiger partial charge in [-0.25, -0.2) is 4.98 Å². The normalized spacial score (nSPS) is 10.9. The predicted molar refractivity (Wildman–Crippen MR) is 76.3 cm³/mol. The Labute approximate surface area is 118 Å². The third-order valence-corrected chi connectivity index (χ3v) is 3.06. The van der Waals surface area contributed by atoms with Gasteiger partial charge in [-0.15, -0.1) is 0 Å². The van der Waals surface area contributed by atoms with E-state index in [0.29, 0.717) is 19.6 Å². The Morgan fingerprint density at radius 2 is 2.25 bits per heavy atom. The van der Waals surface area contributed by atoms with Crippen LogP contribution in [-0.2, 0) is 0 Å². The van der Waals surface area contributed by atoms with Gasteiger partial charge in [0.25, 0.3) is 0 Å². The summed E-state index contributed by atoms with van der Waals surface area (Å²) < 4.78 is 0. The zero-order chi connectivity index (χ0) is 15.3. The van der Waals surface area contributed by atoms with Gasteiger partial charge in [0, 0.05) is 19.3 Å². The summed E-state index contributed by atoms with van der Waals surface area (Å²) in [4.78, 5) is 16.5. The van der Waals surface area contributed by atoms with E-state index in [9.17, 15) is 10.1 Å². The van der Waals surface area contributed by atoms with Crippen molar-refractivity contribution in [3.8, 4) is 6.07 Å². The summed E-state index contributed by atoms with van der Waals surface area (Å²) in [7, 11) is 0. The van der Waals surface area contributed by atoms with Crippen molar-refractivity contribution >= 4 is 11.5 Å². The van der Waals surface area contributed by atoms with E-state index in [1.54, 1.807) is 4.90 Å². The van der Waals surface area contributed by atoms with Crippen LogP contribution in [0.5, 0.6) is 0 Å². The van der Waals surface area contributed by atoms with Crippen LogP contribution in [0.2, 0.25) is 0 Å². The van der Waals surface area contributed by atoms with Crippen LogP contribution in [0, 0.1) is 26.9 Å². The molecule has 7 nitrogen and oxygen atoms in total. The number of rotatable bonds is 6. The van der Waals surface area contributed by atoms with Crippen molar-refractivity contribution in [2.75, 3.05) is 24.5 Å². The molecule has 1 rings (SSSR count). The largest absolute Gasteiger partial charge is 0.351 e. The van der Waals surface area contributed by atoms with Crippen LogP contribution < -0.4 is 10.6 Å². The standard InChI is InChI=1S/C13H19N5O2/c1-4-17(9-13(2,3)8-15)12-11(18(19)20)10(7-14)5-6-16-12/h5-6H,4,8-9,15H2,1-3H3. The second-order valence-corrected chi connectivity index (χ2v) is 5.28. The van der Waals surface area contributed by atoms with E-state index < -0.39 is 4.92 Å². The fourth-order valence-corrected chi connectivity index (χ4v) is 1.86. The Kier molecular flexibility index (Phi) is 5.00. The molecule has 0 aromatic carbocycles. The van der Waals surface area contributed by atoms with Crippen LogP contribution in [0.25, 0.3) is 0 Å². The third-order valence-electron chi connectivity index (χ3n) is 3.06. The molecular weight excluding hydrogens is 258 g/mol. The fraction of sp³-hybridized carbons (Fsp3) is 0.538. The number of nitrogens with zero attached hydrogens (tertiary/aromatic N) is 4. The summed E-state index contributed by atoms with van der Waals surface area (Å²) in [5, 5.41) is 20.2. The van der Waals surface area contributed by atoms with Crippen molar-refractivity contribution in [2.24, 2.45) is 11.1 Å². The topological polar surface area (TPSA) is 109 Å². The summed E-state index contributed by atoms with van der Waals surface area (Å²) in [6, 6.07) is 3.19. The van der Waals surface area contributed by atoms with Gasteiger partial charge >= 0.3 is 5.69 Å². The van der Waals surface area contributed by atoms with Crippen molar-refractivity contribution in [2.45, 2.75) is 20.8 Å². The van der Waals surface area contributed by atoms with Gasteiger partial charge in [-0.05, 0) is 24.9 Å². The Hall–Kier alpha value is -2.20. The van der Waals surface area contributed by atoms with E-state index in [1.807, 2.05) is 26.8 Å². The number of nitrogens with two attached hydrogens (primary N) is 1. The maximum atomic E-state index is 11.2. The van der Waals surface area contributed by atoms with E-state index >= 15 is 0 Å². The first-order chi connectivity index (χ1) is 9.36. The van der Waals surface area contributed by atoms with Crippen molar-refractivity contribution in [3.05, 3.63) is 27.9 Å². The van der Waals surface area contributed by atoms with Gasteiger partial charge < -0.3 is 10.6 Å². The molecule has 0 aliphatic heterocycles. The molecule has 0 saturated heterocycles. The SMILES string of the molecule is CCN(CC(C)(C)CN)c1nccc(C#N)c1[N+](=O)[O-]. The zero-order valence-electron chi connectivity index (χ0n) is 12.0. The lowest BCUT2D eigenvalue weighted by Crippen LogP contribution is -2.39. The Morgan fingerprint density at radius 3 is 2.70 bits per heavy atom. The average Bonchev–Trinajstić information content (AvgIpc) is 2.43. The van der Waals surface area contributed by atoms with Gasteiger partial charge in [0.1, 0.15) is 11.6 Å². The number of nitro groups is 1. The molecule has 0 atom stereocenters. The van der Waals surface area contributed by atoms with Gasteiger partial charge in [0.15, 0.2) is 0 Å². The Balaban J connectivity index is 3.29. The van der Waals surface area contributed by atoms with Crippen LogP contribution in [0.15, 0.2) is 12.3 Å². The quantitative estimate of drug-likeness (QED) is 0.625. The second-order valence-electron chi connectivity index (χ2n) is 5.28. The van der Waals surface area contributed by atoms with E-state index in [-0.39, 0.29) is 22.5 Å². The molecule has 2 N–H and O–H groups in total. The maximum absolute atomic E-state index is 11.2. The Morgan fingerprint density at radius 1 is 1.60 bits per heavy atom. The highest BCUT2D eigenvalue weighted by Gasteiger charge is 2.28. The van der Waals surface area contributed by atoms with E-state index in [1.165, 1.54) is 12.3 Å².